The fourth-order valence-corrected chi connectivity index (χ4v) is 6.03. The van der Waals surface area contributed by atoms with Crippen LogP contribution in [-0.4, -0.2) is 93.5 Å². The van der Waals surface area contributed by atoms with Gasteiger partial charge in [-0.1, -0.05) is 0 Å². The van der Waals surface area contributed by atoms with E-state index < -0.39 is 0 Å². The number of hydrogen-bond acceptors (Lipinski definition) is 9. The summed E-state index contributed by atoms with van der Waals surface area (Å²) in [5.74, 6) is 2.03. The van der Waals surface area contributed by atoms with Crippen LogP contribution in [0.1, 0.15) is 142 Å². The topological polar surface area (TPSA) is 194 Å². The Morgan fingerprint density at radius 1 is 0.375 bits per heavy atom. The van der Waals surface area contributed by atoms with Crippen molar-refractivity contribution in [3.05, 3.63) is 48.9 Å². The van der Waals surface area contributed by atoms with Crippen LogP contribution in [0.2, 0.25) is 0 Å². The zero-order chi connectivity index (χ0) is 37.7. The molecule has 15 nitrogen and oxygen atoms in total. The van der Waals surface area contributed by atoms with Crippen LogP contribution in [0.4, 0.5) is 0 Å². The van der Waals surface area contributed by atoms with Gasteiger partial charge in [-0.3, -0.25) is 29.7 Å². The van der Waals surface area contributed by atoms with E-state index in [0.29, 0.717) is 37.1 Å². The molecule has 0 spiro atoms. The summed E-state index contributed by atoms with van der Waals surface area (Å²) in [7, 11) is 0. The second-order valence-corrected chi connectivity index (χ2v) is 18.2. The van der Waals surface area contributed by atoms with E-state index in [9.17, 15) is 14.4 Å². The van der Waals surface area contributed by atoms with Gasteiger partial charge in [-0.25, -0.2) is 29.7 Å². The summed E-state index contributed by atoms with van der Waals surface area (Å²) in [4.78, 5) is 47.9. The summed E-state index contributed by atoms with van der Waals surface area (Å²) in [6, 6.07) is 0. The molecule has 15 heteroatoms. The van der Waals surface area contributed by atoms with Crippen LogP contribution in [0.25, 0.3) is 0 Å². The first-order chi connectivity index (χ1) is 21.3. The van der Waals surface area contributed by atoms with Crippen LogP contribution >= 0.6 is 0 Å². The summed E-state index contributed by atoms with van der Waals surface area (Å²) in [5.41, 5.74) is -0.625. The highest BCUT2D eigenvalue weighted by Crippen LogP contribution is 2.28. The highest BCUT2D eigenvalue weighted by Gasteiger charge is 2.34. The van der Waals surface area contributed by atoms with Crippen LogP contribution in [0.3, 0.4) is 0 Å². The van der Waals surface area contributed by atoms with Crippen LogP contribution in [0.5, 0.6) is 0 Å². The number of hydrogen-bond donors (Lipinski definition) is 6. The summed E-state index contributed by atoms with van der Waals surface area (Å²) in [6.45, 7) is 40.7. The molecular formula is C33H66N12O3. The maximum Gasteiger partial charge on any atom is 0.340 e. The maximum atomic E-state index is 11.0. The molecule has 0 bridgehead atoms. The SMILES string of the molecule is CC(C)(C)N(Cc1n[nH]c(=O)[nH]1)C(C)(C)C.CC(C)(C)N(Cc1n[nH]c(=O)[nH]1)C(C)(C)C.CC(C)(C)N(Cc1n[nH]c(=O)[nH]1)C(C)(C)C. The molecule has 0 atom stereocenters. The lowest BCUT2D eigenvalue weighted by molar-refractivity contribution is 0.0270. The average Bonchev–Trinajstić information content (AvgIpc) is 3.57. The van der Waals surface area contributed by atoms with E-state index in [1.807, 2.05) is 0 Å². The molecule has 0 radical (unpaired) electrons. The number of rotatable bonds is 6. The second-order valence-electron chi connectivity index (χ2n) is 18.2. The van der Waals surface area contributed by atoms with Crippen LogP contribution in [-0.2, 0) is 19.6 Å². The van der Waals surface area contributed by atoms with E-state index in [2.05, 4.69) is 185 Å². The minimum absolute atomic E-state index is 0.0219. The zero-order valence-electron chi connectivity index (χ0n) is 33.0. The molecule has 0 aliphatic carbocycles. The van der Waals surface area contributed by atoms with Crippen LogP contribution in [0, 0.1) is 0 Å². The molecule has 3 rings (SSSR count). The smallest absolute Gasteiger partial charge is 0.292 e. The molecule has 3 aromatic heterocycles. The molecule has 6 N–H and O–H groups in total. The van der Waals surface area contributed by atoms with Gasteiger partial charge in [0.1, 0.15) is 17.5 Å². The molecular weight excluding hydrogens is 612 g/mol. The van der Waals surface area contributed by atoms with Crippen molar-refractivity contribution in [3.63, 3.8) is 0 Å². The minimum atomic E-state index is -0.252. The molecule has 0 aliphatic rings. The van der Waals surface area contributed by atoms with Gasteiger partial charge in [-0.05, 0) is 125 Å². The lowest BCUT2D eigenvalue weighted by atomic mass is 9.96. The fraction of sp³-hybridized carbons (Fsp3) is 0.818. The molecule has 3 aromatic rings. The Labute approximate surface area is 286 Å². The number of nitrogens with one attached hydrogen (secondary N) is 6. The van der Waals surface area contributed by atoms with Crippen molar-refractivity contribution in [2.75, 3.05) is 0 Å². The van der Waals surface area contributed by atoms with Crippen molar-refractivity contribution in [2.45, 2.75) is 177 Å². The van der Waals surface area contributed by atoms with E-state index in [1.54, 1.807) is 0 Å². The van der Waals surface area contributed by atoms with Crippen molar-refractivity contribution >= 4 is 0 Å². The molecule has 0 saturated heterocycles. The van der Waals surface area contributed by atoms with E-state index in [0.717, 1.165) is 0 Å². The molecule has 48 heavy (non-hydrogen) atoms. The van der Waals surface area contributed by atoms with Gasteiger partial charge in [-0.15, -0.1) is 0 Å². The van der Waals surface area contributed by atoms with E-state index >= 15 is 0 Å². The van der Waals surface area contributed by atoms with E-state index in [-0.39, 0.29) is 50.3 Å². The van der Waals surface area contributed by atoms with Gasteiger partial charge in [-0.2, -0.15) is 15.3 Å². The van der Waals surface area contributed by atoms with E-state index in [4.69, 9.17) is 0 Å². The Morgan fingerprint density at radius 3 is 0.646 bits per heavy atom. The second kappa shape index (κ2) is 15.5. The normalized spacial score (nSPS) is 13.4. The quantitative estimate of drug-likeness (QED) is 0.218. The lowest BCUT2D eigenvalue weighted by Crippen LogP contribution is -2.52. The lowest BCUT2D eigenvalue weighted by Gasteiger charge is -2.44. The summed E-state index contributed by atoms with van der Waals surface area (Å²) in [5, 5.41) is 19.0. The minimum Gasteiger partial charge on any atom is -0.292 e. The van der Waals surface area contributed by atoms with Gasteiger partial charge in [0.15, 0.2) is 0 Å². The zero-order valence-corrected chi connectivity index (χ0v) is 33.0. The first-order valence-corrected chi connectivity index (χ1v) is 16.6. The number of aromatic amines is 6. The van der Waals surface area contributed by atoms with Crippen LogP contribution < -0.4 is 17.1 Å². The molecule has 0 fully saturated rings. The Balaban J connectivity index is 0.000000360. The predicted molar refractivity (Wildman–Crippen MR) is 193 cm³/mol. The van der Waals surface area contributed by atoms with E-state index in [1.165, 1.54) is 0 Å². The van der Waals surface area contributed by atoms with Crippen molar-refractivity contribution in [1.82, 2.24) is 60.2 Å². The third-order valence-corrected chi connectivity index (χ3v) is 7.43. The van der Waals surface area contributed by atoms with Crippen molar-refractivity contribution in [1.29, 1.82) is 0 Å². The van der Waals surface area contributed by atoms with Crippen molar-refractivity contribution in [2.24, 2.45) is 0 Å². The molecule has 0 aliphatic heterocycles. The van der Waals surface area contributed by atoms with Gasteiger partial charge in [0.05, 0.1) is 19.6 Å². The highest BCUT2D eigenvalue weighted by molar-refractivity contribution is 4.94. The fourth-order valence-electron chi connectivity index (χ4n) is 6.03. The molecule has 0 unspecified atom stereocenters. The van der Waals surface area contributed by atoms with Crippen molar-refractivity contribution < 1.29 is 0 Å². The number of aromatic nitrogens is 9. The van der Waals surface area contributed by atoms with Crippen LogP contribution in [0.15, 0.2) is 14.4 Å². The summed E-state index contributed by atoms with van der Waals surface area (Å²) in [6.07, 6.45) is 0. The maximum absolute atomic E-state index is 11.0. The van der Waals surface area contributed by atoms with Gasteiger partial charge in [0.2, 0.25) is 0 Å². The summed E-state index contributed by atoms with van der Waals surface area (Å²) < 4.78 is 0. The van der Waals surface area contributed by atoms with Gasteiger partial charge >= 0.3 is 17.1 Å². The summed E-state index contributed by atoms with van der Waals surface area (Å²) >= 11 is 0. The molecule has 0 saturated carbocycles. The highest BCUT2D eigenvalue weighted by atomic mass is 16.2. The number of nitrogens with zero attached hydrogens (tertiary/aromatic N) is 6. The molecule has 0 aromatic carbocycles. The largest absolute Gasteiger partial charge is 0.340 e. The third-order valence-electron chi connectivity index (χ3n) is 7.43. The van der Waals surface area contributed by atoms with Gasteiger partial charge < -0.3 is 0 Å². The average molecular weight is 679 g/mol. The molecule has 276 valence electrons. The number of H-pyrrole nitrogens is 6. The Morgan fingerprint density at radius 2 is 0.542 bits per heavy atom. The first kappa shape index (κ1) is 42.7. The molecule has 0 amide bonds. The Hall–Kier alpha value is -3.30. The standard InChI is InChI=1S/3C11H22N4O/c3*1-10(2,3)15(11(4,5)6)7-8-12-9(16)14-13-8/h3*7H2,1-6H3,(H2,12,13,14,16). The Kier molecular flexibility index (Phi) is 13.8. The Bertz CT molecular complexity index is 1320. The predicted octanol–water partition coefficient (Wildman–Crippen LogP) is 4.49. The van der Waals surface area contributed by atoms with Crippen molar-refractivity contribution in [3.8, 4) is 0 Å². The van der Waals surface area contributed by atoms with Gasteiger partial charge in [0, 0.05) is 33.2 Å². The third kappa shape index (κ3) is 14.4. The first-order valence-electron chi connectivity index (χ1n) is 16.6. The monoisotopic (exact) mass is 679 g/mol. The molecule has 3 heterocycles. The van der Waals surface area contributed by atoms with Gasteiger partial charge in [0.25, 0.3) is 0 Å².